The highest BCUT2D eigenvalue weighted by atomic mass is 19.1. The average Bonchev–Trinajstić information content (AvgIpc) is 2.60. The predicted molar refractivity (Wildman–Crippen MR) is 56.3 cm³/mol. The van der Waals surface area contributed by atoms with E-state index in [-0.39, 0.29) is 5.82 Å². The highest BCUT2D eigenvalue weighted by Gasteiger charge is 2.12. The molecule has 0 spiro atoms. The SMILES string of the molecule is CN(CCN)c1noc2ccc(F)cc12. The second-order valence-electron chi connectivity index (χ2n) is 3.36. The van der Waals surface area contributed by atoms with Crippen molar-refractivity contribution in [3.8, 4) is 0 Å². The number of hydrogen-bond donors (Lipinski definition) is 1. The Hall–Kier alpha value is -1.62. The fraction of sp³-hybridized carbons (Fsp3) is 0.300. The Morgan fingerprint density at radius 2 is 2.33 bits per heavy atom. The lowest BCUT2D eigenvalue weighted by Crippen LogP contribution is -2.25. The standard InChI is InChI=1S/C10H12FN3O/c1-14(5-4-12)10-8-6-7(11)2-3-9(8)15-13-10/h2-3,6H,4-5,12H2,1H3. The summed E-state index contributed by atoms with van der Waals surface area (Å²) in [5.41, 5.74) is 6.01. The molecule has 1 heterocycles. The predicted octanol–water partition coefficient (Wildman–Crippen LogP) is 1.36. The van der Waals surface area contributed by atoms with Gasteiger partial charge >= 0.3 is 0 Å². The van der Waals surface area contributed by atoms with Crippen LogP contribution in [0.25, 0.3) is 11.0 Å². The summed E-state index contributed by atoms with van der Waals surface area (Å²) < 4.78 is 18.1. The van der Waals surface area contributed by atoms with Crippen LogP contribution in [-0.2, 0) is 0 Å². The number of hydrogen-bond acceptors (Lipinski definition) is 4. The molecular formula is C10H12FN3O. The molecule has 15 heavy (non-hydrogen) atoms. The molecule has 2 aromatic rings. The van der Waals surface area contributed by atoms with Gasteiger partial charge in [-0.05, 0) is 18.2 Å². The first-order valence-electron chi connectivity index (χ1n) is 4.68. The number of anilines is 1. The van der Waals surface area contributed by atoms with Gasteiger partial charge in [0.15, 0.2) is 11.4 Å². The zero-order chi connectivity index (χ0) is 10.8. The molecule has 0 aliphatic rings. The van der Waals surface area contributed by atoms with Crippen LogP contribution >= 0.6 is 0 Å². The van der Waals surface area contributed by atoms with Gasteiger partial charge in [-0.1, -0.05) is 5.16 Å². The third-order valence-corrected chi connectivity index (χ3v) is 2.24. The first-order chi connectivity index (χ1) is 7.22. The quantitative estimate of drug-likeness (QED) is 0.829. The second-order valence-corrected chi connectivity index (χ2v) is 3.36. The van der Waals surface area contributed by atoms with Crippen LogP contribution < -0.4 is 10.6 Å². The first-order valence-corrected chi connectivity index (χ1v) is 4.68. The van der Waals surface area contributed by atoms with E-state index in [9.17, 15) is 4.39 Å². The molecule has 0 unspecified atom stereocenters. The van der Waals surface area contributed by atoms with Gasteiger partial charge in [-0.3, -0.25) is 0 Å². The Bertz CT molecular complexity index is 469. The van der Waals surface area contributed by atoms with E-state index in [1.807, 2.05) is 11.9 Å². The average molecular weight is 209 g/mol. The summed E-state index contributed by atoms with van der Waals surface area (Å²) in [5.74, 6) is 0.322. The van der Waals surface area contributed by atoms with Crippen LogP contribution in [0.2, 0.25) is 0 Å². The molecule has 0 fully saturated rings. The van der Waals surface area contributed by atoms with Gasteiger partial charge in [0.2, 0.25) is 0 Å². The van der Waals surface area contributed by atoms with Gasteiger partial charge in [0, 0.05) is 20.1 Å². The van der Waals surface area contributed by atoms with Crippen molar-refractivity contribution in [2.75, 3.05) is 25.0 Å². The molecule has 4 nitrogen and oxygen atoms in total. The molecule has 1 aromatic heterocycles. The maximum atomic E-state index is 13.0. The zero-order valence-corrected chi connectivity index (χ0v) is 8.40. The Morgan fingerprint density at radius 3 is 3.07 bits per heavy atom. The van der Waals surface area contributed by atoms with Crippen molar-refractivity contribution in [2.45, 2.75) is 0 Å². The molecule has 0 radical (unpaired) electrons. The maximum Gasteiger partial charge on any atom is 0.179 e. The number of rotatable bonds is 3. The minimum absolute atomic E-state index is 0.298. The summed E-state index contributed by atoms with van der Waals surface area (Å²) in [6, 6.07) is 4.33. The highest BCUT2D eigenvalue weighted by molar-refractivity contribution is 5.88. The molecule has 0 saturated carbocycles. The molecule has 0 saturated heterocycles. The van der Waals surface area contributed by atoms with E-state index in [1.54, 1.807) is 6.07 Å². The minimum Gasteiger partial charge on any atom is -0.355 e. The third kappa shape index (κ3) is 1.78. The summed E-state index contributed by atoms with van der Waals surface area (Å²) in [4.78, 5) is 1.84. The lowest BCUT2D eigenvalue weighted by molar-refractivity contribution is 0.456. The smallest absolute Gasteiger partial charge is 0.179 e. The zero-order valence-electron chi connectivity index (χ0n) is 8.40. The second kappa shape index (κ2) is 3.86. The maximum absolute atomic E-state index is 13.0. The van der Waals surface area contributed by atoms with Gasteiger partial charge < -0.3 is 15.2 Å². The van der Waals surface area contributed by atoms with Gasteiger partial charge in [0.1, 0.15) is 5.82 Å². The van der Waals surface area contributed by atoms with Crippen LogP contribution in [-0.4, -0.2) is 25.3 Å². The fourth-order valence-electron chi connectivity index (χ4n) is 1.47. The van der Waals surface area contributed by atoms with Crippen LogP contribution in [0.4, 0.5) is 10.2 Å². The molecular weight excluding hydrogens is 197 g/mol. The summed E-state index contributed by atoms with van der Waals surface area (Å²) in [7, 11) is 1.84. The van der Waals surface area contributed by atoms with Gasteiger partial charge in [-0.2, -0.15) is 0 Å². The van der Waals surface area contributed by atoms with Crippen LogP contribution in [0.15, 0.2) is 22.7 Å². The topological polar surface area (TPSA) is 55.3 Å². The van der Waals surface area contributed by atoms with E-state index < -0.39 is 0 Å². The van der Waals surface area contributed by atoms with Gasteiger partial charge in [0.25, 0.3) is 0 Å². The lowest BCUT2D eigenvalue weighted by atomic mass is 10.2. The third-order valence-electron chi connectivity index (χ3n) is 2.24. The molecule has 80 valence electrons. The van der Waals surface area contributed by atoms with E-state index in [2.05, 4.69) is 5.16 Å². The van der Waals surface area contributed by atoms with Crippen LogP contribution in [0.1, 0.15) is 0 Å². The van der Waals surface area contributed by atoms with Gasteiger partial charge in [-0.25, -0.2) is 4.39 Å². The van der Waals surface area contributed by atoms with E-state index in [0.29, 0.717) is 29.9 Å². The number of nitrogens with two attached hydrogens (primary N) is 1. The lowest BCUT2D eigenvalue weighted by Gasteiger charge is -2.13. The van der Waals surface area contributed by atoms with Crippen molar-refractivity contribution in [1.29, 1.82) is 0 Å². The van der Waals surface area contributed by atoms with Crippen molar-refractivity contribution in [2.24, 2.45) is 5.73 Å². The monoisotopic (exact) mass is 209 g/mol. The molecule has 2 rings (SSSR count). The molecule has 0 aliphatic heterocycles. The highest BCUT2D eigenvalue weighted by Crippen LogP contribution is 2.25. The van der Waals surface area contributed by atoms with E-state index in [4.69, 9.17) is 10.3 Å². The Morgan fingerprint density at radius 1 is 1.53 bits per heavy atom. The molecule has 1 aromatic carbocycles. The van der Waals surface area contributed by atoms with Crippen molar-refractivity contribution < 1.29 is 8.91 Å². The molecule has 0 bridgehead atoms. The molecule has 0 aliphatic carbocycles. The van der Waals surface area contributed by atoms with E-state index >= 15 is 0 Å². The largest absolute Gasteiger partial charge is 0.355 e. The van der Waals surface area contributed by atoms with Crippen LogP contribution in [0.3, 0.4) is 0 Å². The van der Waals surface area contributed by atoms with Crippen molar-refractivity contribution in [3.05, 3.63) is 24.0 Å². The van der Waals surface area contributed by atoms with Crippen molar-refractivity contribution in [1.82, 2.24) is 5.16 Å². The normalized spacial score (nSPS) is 10.9. The summed E-state index contributed by atoms with van der Waals surface area (Å²) in [5, 5.41) is 4.56. The summed E-state index contributed by atoms with van der Waals surface area (Å²) in [6.07, 6.45) is 0. The molecule has 0 amide bonds. The van der Waals surface area contributed by atoms with Crippen molar-refractivity contribution >= 4 is 16.8 Å². The van der Waals surface area contributed by atoms with E-state index in [1.165, 1.54) is 12.1 Å². The molecule has 0 atom stereocenters. The van der Waals surface area contributed by atoms with E-state index in [0.717, 1.165) is 0 Å². The summed E-state index contributed by atoms with van der Waals surface area (Å²) in [6.45, 7) is 1.16. The van der Waals surface area contributed by atoms with Crippen molar-refractivity contribution in [3.63, 3.8) is 0 Å². The number of halogens is 1. The Balaban J connectivity index is 2.47. The van der Waals surface area contributed by atoms with Gasteiger partial charge in [0.05, 0.1) is 5.39 Å². The van der Waals surface area contributed by atoms with Crippen LogP contribution in [0, 0.1) is 5.82 Å². The number of benzene rings is 1. The number of fused-ring (bicyclic) bond motifs is 1. The Labute approximate surface area is 86.4 Å². The molecule has 2 N–H and O–H groups in total. The number of likely N-dealkylation sites (N-methyl/N-ethyl adjacent to an activating group) is 1. The minimum atomic E-state index is -0.298. The van der Waals surface area contributed by atoms with Crippen LogP contribution in [0.5, 0.6) is 0 Å². The Kier molecular flexibility index (Phi) is 2.55. The molecule has 5 heteroatoms. The summed E-state index contributed by atoms with van der Waals surface area (Å²) >= 11 is 0. The first kappa shape index (κ1) is 9.92. The number of nitrogens with zero attached hydrogens (tertiary/aromatic N) is 2. The van der Waals surface area contributed by atoms with Gasteiger partial charge in [-0.15, -0.1) is 0 Å². The fourth-order valence-corrected chi connectivity index (χ4v) is 1.47. The number of aromatic nitrogens is 1.